The second-order valence-corrected chi connectivity index (χ2v) is 4.88. The van der Waals surface area contributed by atoms with Crippen LogP contribution in [-0.2, 0) is 4.79 Å². The van der Waals surface area contributed by atoms with E-state index in [1.54, 1.807) is 6.92 Å². The lowest BCUT2D eigenvalue weighted by Gasteiger charge is -2.23. The van der Waals surface area contributed by atoms with Crippen LogP contribution in [-0.4, -0.2) is 39.9 Å². The molecule has 1 aromatic carbocycles. The van der Waals surface area contributed by atoms with Crippen LogP contribution in [0.2, 0.25) is 5.02 Å². The summed E-state index contributed by atoms with van der Waals surface area (Å²) >= 11 is 5.90. The third kappa shape index (κ3) is 3.91. The van der Waals surface area contributed by atoms with E-state index in [-0.39, 0.29) is 23.7 Å². The fourth-order valence-electron chi connectivity index (χ4n) is 1.80. The summed E-state index contributed by atoms with van der Waals surface area (Å²) in [5, 5.41) is 19.9. The number of hydrogen-bond acceptors (Lipinski definition) is 4. The number of benzene rings is 1. The molecular formula is C13H15ClN2O5. The molecule has 0 heterocycles. The van der Waals surface area contributed by atoms with E-state index in [0.29, 0.717) is 0 Å². The number of nitro groups is 1. The Hall–Kier alpha value is -2.15. The largest absolute Gasteiger partial charge is 0.481 e. The van der Waals surface area contributed by atoms with Gasteiger partial charge in [-0.15, -0.1) is 0 Å². The summed E-state index contributed by atoms with van der Waals surface area (Å²) in [6, 6.07) is 3.96. The molecule has 0 saturated carbocycles. The summed E-state index contributed by atoms with van der Waals surface area (Å²) in [7, 11) is 0. The summed E-state index contributed by atoms with van der Waals surface area (Å²) in [4.78, 5) is 34.8. The molecule has 0 aliphatic heterocycles. The molecule has 0 saturated heterocycles. The van der Waals surface area contributed by atoms with Gasteiger partial charge in [0.05, 0.1) is 15.9 Å². The number of carbonyl (C=O) groups is 2. The van der Waals surface area contributed by atoms with Crippen LogP contribution in [0, 0.1) is 16.0 Å². The number of aliphatic carboxylic acids is 1. The minimum Gasteiger partial charge on any atom is -0.481 e. The number of halogens is 1. The summed E-state index contributed by atoms with van der Waals surface area (Å²) in [5.74, 6) is -2.48. The van der Waals surface area contributed by atoms with Crippen molar-refractivity contribution >= 4 is 29.2 Å². The van der Waals surface area contributed by atoms with E-state index in [9.17, 15) is 19.7 Å². The van der Waals surface area contributed by atoms with Gasteiger partial charge in [0.15, 0.2) is 0 Å². The molecule has 8 heteroatoms. The molecule has 114 valence electrons. The predicted molar refractivity (Wildman–Crippen MR) is 76.5 cm³/mol. The lowest BCUT2D eigenvalue weighted by Crippen LogP contribution is -2.37. The maximum Gasteiger partial charge on any atom is 0.308 e. The van der Waals surface area contributed by atoms with Crippen LogP contribution < -0.4 is 0 Å². The average molecular weight is 315 g/mol. The second kappa shape index (κ2) is 7.03. The first-order valence-corrected chi connectivity index (χ1v) is 6.62. The third-order valence-electron chi connectivity index (χ3n) is 2.99. The maximum absolute atomic E-state index is 12.4. The zero-order chi connectivity index (χ0) is 16.2. The van der Waals surface area contributed by atoms with Gasteiger partial charge in [-0.2, -0.15) is 0 Å². The molecule has 1 aromatic rings. The lowest BCUT2D eigenvalue weighted by molar-refractivity contribution is -0.385. The van der Waals surface area contributed by atoms with Crippen LogP contribution >= 0.6 is 11.6 Å². The molecule has 0 spiro atoms. The summed E-state index contributed by atoms with van der Waals surface area (Å²) in [6.45, 7) is 3.29. The Morgan fingerprint density at radius 2 is 2.10 bits per heavy atom. The minimum absolute atomic E-state index is 0.0318. The van der Waals surface area contributed by atoms with Crippen molar-refractivity contribution < 1.29 is 19.6 Å². The van der Waals surface area contributed by atoms with Gasteiger partial charge in [0, 0.05) is 19.2 Å². The van der Waals surface area contributed by atoms with Crippen LogP contribution in [0.15, 0.2) is 18.2 Å². The van der Waals surface area contributed by atoms with Crippen LogP contribution in [0.5, 0.6) is 0 Å². The van der Waals surface area contributed by atoms with Crippen LogP contribution in [0.25, 0.3) is 0 Å². The molecule has 0 aliphatic carbocycles. The highest BCUT2D eigenvalue weighted by Gasteiger charge is 2.28. The van der Waals surface area contributed by atoms with Crippen molar-refractivity contribution in [3.8, 4) is 0 Å². The highest BCUT2D eigenvalue weighted by Crippen LogP contribution is 2.27. The molecule has 1 N–H and O–H groups in total. The van der Waals surface area contributed by atoms with Crippen LogP contribution in [0.1, 0.15) is 24.2 Å². The summed E-state index contributed by atoms with van der Waals surface area (Å²) < 4.78 is 0. The van der Waals surface area contributed by atoms with Gasteiger partial charge in [-0.25, -0.2) is 0 Å². The van der Waals surface area contributed by atoms with Crippen LogP contribution in [0.3, 0.4) is 0 Å². The SMILES string of the molecule is CCN(CC(C)C(=O)O)C(=O)c1c(Cl)cccc1[N+](=O)[O-]. The molecule has 1 atom stereocenters. The van der Waals surface area contributed by atoms with Gasteiger partial charge in [-0.3, -0.25) is 19.7 Å². The minimum atomic E-state index is -1.05. The van der Waals surface area contributed by atoms with Gasteiger partial charge >= 0.3 is 5.97 Å². The average Bonchev–Trinajstić information content (AvgIpc) is 2.43. The Balaban J connectivity index is 3.17. The van der Waals surface area contributed by atoms with E-state index in [4.69, 9.17) is 16.7 Å². The first-order chi connectivity index (χ1) is 9.79. The lowest BCUT2D eigenvalue weighted by atomic mass is 10.1. The van der Waals surface area contributed by atoms with Gasteiger partial charge in [0.2, 0.25) is 0 Å². The molecule has 0 bridgehead atoms. The molecule has 0 radical (unpaired) electrons. The Labute approximate surface area is 126 Å². The Bertz CT molecular complexity index is 576. The highest BCUT2D eigenvalue weighted by atomic mass is 35.5. The molecule has 0 aromatic heterocycles. The standard InChI is InChI=1S/C13H15ClN2O5/c1-3-15(7-8(2)13(18)19)12(17)11-9(14)5-4-6-10(11)16(20)21/h4-6,8H,3,7H2,1-2H3,(H,18,19). The van der Waals surface area contributed by atoms with Gasteiger partial charge in [-0.05, 0) is 13.0 Å². The van der Waals surface area contributed by atoms with Crippen molar-refractivity contribution in [1.82, 2.24) is 4.90 Å². The first-order valence-electron chi connectivity index (χ1n) is 6.24. The number of nitrogens with zero attached hydrogens (tertiary/aromatic N) is 2. The smallest absolute Gasteiger partial charge is 0.308 e. The molecule has 0 aliphatic rings. The molecule has 21 heavy (non-hydrogen) atoms. The number of nitro benzene ring substituents is 1. The highest BCUT2D eigenvalue weighted by molar-refractivity contribution is 6.34. The fraction of sp³-hybridized carbons (Fsp3) is 0.385. The van der Waals surface area contributed by atoms with E-state index >= 15 is 0 Å². The Morgan fingerprint density at radius 3 is 2.57 bits per heavy atom. The van der Waals surface area contributed by atoms with E-state index < -0.39 is 28.4 Å². The zero-order valence-electron chi connectivity index (χ0n) is 11.6. The monoisotopic (exact) mass is 314 g/mol. The molecule has 0 fully saturated rings. The number of carboxylic acids is 1. The van der Waals surface area contributed by atoms with E-state index in [1.807, 2.05) is 0 Å². The van der Waals surface area contributed by atoms with Gasteiger partial charge < -0.3 is 10.0 Å². The number of rotatable bonds is 6. The Kier molecular flexibility index (Phi) is 5.66. The molecule has 1 rings (SSSR count). The van der Waals surface area contributed by atoms with Gasteiger partial charge in [0.25, 0.3) is 11.6 Å². The number of amides is 1. The van der Waals surface area contributed by atoms with E-state index in [0.717, 1.165) is 0 Å². The molecule has 7 nitrogen and oxygen atoms in total. The molecule has 1 unspecified atom stereocenters. The predicted octanol–water partition coefficient (Wildman–Crippen LogP) is 2.43. The summed E-state index contributed by atoms with van der Waals surface area (Å²) in [5.41, 5.74) is -0.613. The quantitative estimate of drug-likeness (QED) is 0.642. The Morgan fingerprint density at radius 1 is 1.48 bits per heavy atom. The fourth-order valence-corrected chi connectivity index (χ4v) is 2.05. The normalized spacial score (nSPS) is 11.8. The molecular weight excluding hydrogens is 300 g/mol. The summed E-state index contributed by atoms with van der Waals surface area (Å²) in [6.07, 6.45) is 0. The van der Waals surface area contributed by atoms with Crippen molar-refractivity contribution in [1.29, 1.82) is 0 Å². The van der Waals surface area contributed by atoms with Crippen molar-refractivity contribution in [2.75, 3.05) is 13.1 Å². The van der Waals surface area contributed by atoms with Crippen LogP contribution in [0.4, 0.5) is 5.69 Å². The zero-order valence-corrected chi connectivity index (χ0v) is 12.3. The number of carboxylic acid groups (broad SMARTS) is 1. The number of hydrogen-bond donors (Lipinski definition) is 1. The second-order valence-electron chi connectivity index (χ2n) is 4.47. The third-order valence-corrected chi connectivity index (χ3v) is 3.30. The molecule has 1 amide bonds. The maximum atomic E-state index is 12.4. The van der Waals surface area contributed by atoms with Crippen molar-refractivity contribution in [2.45, 2.75) is 13.8 Å². The van der Waals surface area contributed by atoms with Crippen molar-refractivity contribution in [3.63, 3.8) is 0 Å². The van der Waals surface area contributed by atoms with Crippen molar-refractivity contribution in [3.05, 3.63) is 38.9 Å². The first kappa shape index (κ1) is 16.9. The van der Waals surface area contributed by atoms with Gasteiger partial charge in [0.1, 0.15) is 5.56 Å². The van der Waals surface area contributed by atoms with Crippen molar-refractivity contribution in [2.24, 2.45) is 5.92 Å². The van der Waals surface area contributed by atoms with E-state index in [1.165, 1.54) is 30.0 Å². The van der Waals surface area contributed by atoms with E-state index in [2.05, 4.69) is 0 Å². The van der Waals surface area contributed by atoms with Gasteiger partial charge in [-0.1, -0.05) is 24.6 Å². The topological polar surface area (TPSA) is 101 Å². The number of carbonyl (C=O) groups excluding carboxylic acids is 1.